The van der Waals surface area contributed by atoms with E-state index in [1.165, 1.54) is 10.4 Å². The second-order valence-electron chi connectivity index (χ2n) is 7.38. The number of aryl methyl sites for hydroxylation is 2. The predicted octanol–water partition coefficient (Wildman–Crippen LogP) is 3.27. The van der Waals surface area contributed by atoms with Crippen LogP contribution in [-0.4, -0.2) is 41.1 Å². The molecule has 0 unspecified atom stereocenters. The molecule has 1 amide bonds. The van der Waals surface area contributed by atoms with Crippen molar-refractivity contribution in [3.63, 3.8) is 0 Å². The Hall–Kier alpha value is -2.92. The highest BCUT2D eigenvalue weighted by atomic mass is 32.2. The van der Waals surface area contributed by atoms with Gasteiger partial charge in [-0.25, -0.2) is 12.8 Å². The number of sulfonamides is 1. The summed E-state index contributed by atoms with van der Waals surface area (Å²) in [6, 6.07) is 11.6. The van der Waals surface area contributed by atoms with E-state index in [9.17, 15) is 17.6 Å². The molecule has 2 aromatic carbocycles. The topological polar surface area (TPSA) is 97.2 Å². The standard InChI is InChI=1S/C21H24FN5O3S2/c1-14-5-8-16(9-6-14)27(32(4,29)30)12-19-24-25-21(26(19)3)31-13-20(28)23-18-11-15(2)7-10-17(18)22/h5-11H,12-13H2,1-4H3,(H,23,28). The van der Waals surface area contributed by atoms with Crippen LogP contribution in [0.4, 0.5) is 15.8 Å². The molecule has 170 valence electrons. The molecular weight excluding hydrogens is 453 g/mol. The van der Waals surface area contributed by atoms with Crippen LogP contribution in [0.15, 0.2) is 47.6 Å². The van der Waals surface area contributed by atoms with Crippen LogP contribution in [0.5, 0.6) is 0 Å². The summed E-state index contributed by atoms with van der Waals surface area (Å²) >= 11 is 1.12. The normalized spacial score (nSPS) is 11.4. The molecule has 3 aromatic rings. The molecule has 8 nitrogen and oxygen atoms in total. The van der Waals surface area contributed by atoms with Crippen molar-refractivity contribution in [2.45, 2.75) is 25.5 Å². The third-order valence-electron chi connectivity index (χ3n) is 4.66. The van der Waals surface area contributed by atoms with E-state index in [0.29, 0.717) is 16.7 Å². The number of carbonyl (C=O) groups excluding carboxylic acids is 1. The van der Waals surface area contributed by atoms with Crippen molar-refractivity contribution >= 4 is 39.1 Å². The zero-order valence-electron chi connectivity index (χ0n) is 18.2. The van der Waals surface area contributed by atoms with Gasteiger partial charge in [-0.2, -0.15) is 0 Å². The number of anilines is 2. The monoisotopic (exact) mass is 477 g/mol. The fraction of sp³-hybridized carbons (Fsp3) is 0.286. The molecule has 1 aromatic heterocycles. The largest absolute Gasteiger partial charge is 0.323 e. The van der Waals surface area contributed by atoms with E-state index in [-0.39, 0.29) is 23.9 Å². The van der Waals surface area contributed by atoms with Gasteiger partial charge in [-0.15, -0.1) is 10.2 Å². The van der Waals surface area contributed by atoms with Crippen molar-refractivity contribution in [2.24, 2.45) is 7.05 Å². The van der Waals surface area contributed by atoms with Gasteiger partial charge in [-0.3, -0.25) is 9.10 Å². The predicted molar refractivity (Wildman–Crippen MR) is 124 cm³/mol. The Balaban J connectivity index is 1.69. The fourth-order valence-electron chi connectivity index (χ4n) is 2.90. The highest BCUT2D eigenvalue weighted by molar-refractivity contribution is 7.99. The lowest BCUT2D eigenvalue weighted by Crippen LogP contribution is -2.30. The Kier molecular flexibility index (Phi) is 7.19. The lowest BCUT2D eigenvalue weighted by atomic mass is 10.2. The number of carbonyl (C=O) groups is 1. The zero-order chi connectivity index (χ0) is 23.5. The molecule has 0 aliphatic rings. The van der Waals surface area contributed by atoms with Gasteiger partial charge in [-0.1, -0.05) is 35.5 Å². The molecule has 0 aliphatic carbocycles. The average molecular weight is 478 g/mol. The molecule has 11 heteroatoms. The highest BCUT2D eigenvalue weighted by Crippen LogP contribution is 2.23. The first-order valence-corrected chi connectivity index (χ1v) is 12.5. The summed E-state index contributed by atoms with van der Waals surface area (Å²) in [5.74, 6) is -0.482. The number of benzene rings is 2. The Bertz CT molecular complexity index is 1230. The van der Waals surface area contributed by atoms with Crippen LogP contribution in [-0.2, 0) is 28.4 Å². The van der Waals surface area contributed by atoms with E-state index in [2.05, 4.69) is 15.5 Å². The first-order valence-electron chi connectivity index (χ1n) is 9.66. The summed E-state index contributed by atoms with van der Waals surface area (Å²) in [6.45, 7) is 3.72. The van der Waals surface area contributed by atoms with Crippen LogP contribution in [0.3, 0.4) is 0 Å². The quantitative estimate of drug-likeness (QED) is 0.500. The number of thioether (sulfide) groups is 1. The number of aromatic nitrogens is 3. The minimum absolute atomic E-state index is 0.00684. The van der Waals surface area contributed by atoms with Gasteiger partial charge in [0.1, 0.15) is 5.82 Å². The van der Waals surface area contributed by atoms with Crippen molar-refractivity contribution in [3.8, 4) is 0 Å². The van der Waals surface area contributed by atoms with Crippen molar-refractivity contribution in [3.05, 3.63) is 65.2 Å². The first-order chi connectivity index (χ1) is 15.0. The summed E-state index contributed by atoms with van der Waals surface area (Å²) in [5, 5.41) is 11.2. The van der Waals surface area contributed by atoms with E-state index in [0.717, 1.165) is 29.1 Å². The van der Waals surface area contributed by atoms with Gasteiger partial charge in [0, 0.05) is 7.05 Å². The maximum Gasteiger partial charge on any atom is 0.234 e. The van der Waals surface area contributed by atoms with Crippen LogP contribution in [0.2, 0.25) is 0 Å². The third kappa shape index (κ3) is 5.86. The first kappa shape index (κ1) is 23.7. The summed E-state index contributed by atoms with van der Waals surface area (Å²) in [4.78, 5) is 12.2. The van der Waals surface area contributed by atoms with Gasteiger partial charge >= 0.3 is 0 Å². The lowest BCUT2D eigenvalue weighted by Gasteiger charge is -2.22. The third-order valence-corrected chi connectivity index (χ3v) is 6.82. The summed E-state index contributed by atoms with van der Waals surface area (Å²) in [5.41, 5.74) is 2.49. The van der Waals surface area contributed by atoms with E-state index in [4.69, 9.17) is 0 Å². The van der Waals surface area contributed by atoms with Gasteiger partial charge in [0.2, 0.25) is 15.9 Å². The molecule has 0 fully saturated rings. The molecule has 0 saturated heterocycles. The smallest absolute Gasteiger partial charge is 0.234 e. The van der Waals surface area contributed by atoms with Crippen LogP contribution in [0.25, 0.3) is 0 Å². The number of rotatable bonds is 8. The van der Waals surface area contributed by atoms with Crippen LogP contribution >= 0.6 is 11.8 Å². The van der Waals surface area contributed by atoms with Crippen LogP contribution in [0.1, 0.15) is 17.0 Å². The number of halogens is 1. The van der Waals surface area contributed by atoms with Gasteiger partial charge < -0.3 is 9.88 Å². The molecule has 0 spiro atoms. The van der Waals surface area contributed by atoms with E-state index in [1.54, 1.807) is 42.8 Å². The lowest BCUT2D eigenvalue weighted by molar-refractivity contribution is -0.113. The van der Waals surface area contributed by atoms with Crippen LogP contribution < -0.4 is 9.62 Å². The van der Waals surface area contributed by atoms with Gasteiger partial charge in [0.05, 0.1) is 29.9 Å². The van der Waals surface area contributed by atoms with Gasteiger partial charge in [0.25, 0.3) is 0 Å². The van der Waals surface area contributed by atoms with Crippen molar-refractivity contribution < 1.29 is 17.6 Å². The summed E-state index contributed by atoms with van der Waals surface area (Å²) in [7, 11) is -1.86. The van der Waals surface area contributed by atoms with Gasteiger partial charge in [-0.05, 0) is 43.7 Å². The minimum Gasteiger partial charge on any atom is -0.323 e. The van der Waals surface area contributed by atoms with E-state index < -0.39 is 15.8 Å². The molecule has 0 radical (unpaired) electrons. The average Bonchev–Trinajstić information content (AvgIpc) is 3.07. The number of hydrogen-bond acceptors (Lipinski definition) is 6. The number of hydrogen-bond donors (Lipinski definition) is 1. The maximum atomic E-state index is 13.8. The maximum absolute atomic E-state index is 13.8. The number of amides is 1. The summed E-state index contributed by atoms with van der Waals surface area (Å²) < 4.78 is 41.4. The fourth-order valence-corrected chi connectivity index (χ4v) is 4.48. The second kappa shape index (κ2) is 9.70. The van der Waals surface area contributed by atoms with Gasteiger partial charge in [0.15, 0.2) is 11.0 Å². The van der Waals surface area contributed by atoms with E-state index >= 15 is 0 Å². The Morgan fingerprint density at radius 3 is 2.44 bits per heavy atom. The molecule has 32 heavy (non-hydrogen) atoms. The minimum atomic E-state index is -3.56. The summed E-state index contributed by atoms with van der Waals surface area (Å²) in [6.07, 6.45) is 1.13. The molecule has 1 N–H and O–H groups in total. The molecule has 0 bridgehead atoms. The van der Waals surface area contributed by atoms with Crippen molar-refractivity contribution in [1.29, 1.82) is 0 Å². The molecule has 3 rings (SSSR count). The van der Waals surface area contributed by atoms with Crippen molar-refractivity contribution in [1.82, 2.24) is 14.8 Å². The Morgan fingerprint density at radius 1 is 1.12 bits per heavy atom. The van der Waals surface area contributed by atoms with E-state index in [1.807, 2.05) is 19.1 Å². The van der Waals surface area contributed by atoms with Crippen LogP contribution in [0, 0.1) is 19.7 Å². The molecule has 0 aliphatic heterocycles. The Morgan fingerprint density at radius 2 is 1.78 bits per heavy atom. The molecular formula is C21H24FN5O3S2. The molecule has 0 atom stereocenters. The Labute approximate surface area is 190 Å². The molecule has 0 saturated carbocycles. The number of nitrogens with one attached hydrogen (secondary N) is 1. The number of nitrogens with zero attached hydrogens (tertiary/aromatic N) is 4. The van der Waals surface area contributed by atoms with Crippen molar-refractivity contribution in [2.75, 3.05) is 21.6 Å². The molecule has 1 heterocycles. The zero-order valence-corrected chi connectivity index (χ0v) is 19.8. The SMILES string of the molecule is Cc1ccc(N(Cc2nnc(SCC(=O)Nc3cc(C)ccc3F)n2C)S(C)(=O)=O)cc1. The highest BCUT2D eigenvalue weighted by Gasteiger charge is 2.22. The second-order valence-corrected chi connectivity index (χ2v) is 10.2.